The van der Waals surface area contributed by atoms with Crippen LogP contribution in [0.1, 0.15) is 17.7 Å². The third kappa shape index (κ3) is 2.46. The zero-order valence-electron chi connectivity index (χ0n) is 12.6. The number of nitrogens with zero attached hydrogens (tertiary/aromatic N) is 3. The number of hydrogen-bond donors (Lipinski definition) is 2. The summed E-state index contributed by atoms with van der Waals surface area (Å²) in [7, 11) is 0. The van der Waals surface area contributed by atoms with Gasteiger partial charge in [0.25, 0.3) is 0 Å². The molecule has 0 bridgehead atoms. The first kappa shape index (κ1) is 13.7. The van der Waals surface area contributed by atoms with Crippen molar-refractivity contribution in [1.29, 1.82) is 0 Å². The summed E-state index contributed by atoms with van der Waals surface area (Å²) in [5.41, 5.74) is 9.59. The summed E-state index contributed by atoms with van der Waals surface area (Å²) in [6.45, 7) is 3.70. The molecular formula is C17H21N5. The van der Waals surface area contributed by atoms with Gasteiger partial charge >= 0.3 is 0 Å². The van der Waals surface area contributed by atoms with Crippen LogP contribution in [0, 0.1) is 0 Å². The maximum absolute atomic E-state index is 6.09. The van der Waals surface area contributed by atoms with E-state index < -0.39 is 0 Å². The van der Waals surface area contributed by atoms with E-state index >= 15 is 0 Å². The van der Waals surface area contributed by atoms with Crippen LogP contribution in [0.15, 0.2) is 30.3 Å². The lowest BCUT2D eigenvalue weighted by Crippen LogP contribution is -2.31. The third-order valence-electron chi connectivity index (χ3n) is 4.47. The molecule has 2 aliphatic rings. The van der Waals surface area contributed by atoms with Crippen molar-refractivity contribution in [2.75, 3.05) is 24.5 Å². The van der Waals surface area contributed by atoms with E-state index in [1.165, 1.54) is 5.56 Å². The van der Waals surface area contributed by atoms with Gasteiger partial charge in [-0.2, -0.15) is 0 Å². The molecule has 2 aromatic rings. The number of hydrogen-bond acceptors (Lipinski definition) is 5. The van der Waals surface area contributed by atoms with Crippen LogP contribution in [0.4, 0.5) is 5.82 Å². The molecule has 5 heteroatoms. The van der Waals surface area contributed by atoms with Crippen molar-refractivity contribution in [3.8, 4) is 11.4 Å². The predicted octanol–water partition coefficient (Wildman–Crippen LogP) is 1.33. The van der Waals surface area contributed by atoms with Crippen LogP contribution in [0.2, 0.25) is 0 Å². The molecule has 1 atom stereocenters. The van der Waals surface area contributed by atoms with E-state index in [4.69, 9.17) is 15.7 Å². The standard InChI is InChI=1S/C17H21N5/c18-13-7-9-22(11-13)17-14-6-8-19-10-15(14)20-16(21-17)12-4-2-1-3-5-12/h1-5,13,19H,6-11,18H2/t13-/m0/s1. The Hall–Kier alpha value is -1.98. The Morgan fingerprint density at radius 1 is 1.18 bits per heavy atom. The van der Waals surface area contributed by atoms with Gasteiger partial charge in [-0.25, -0.2) is 9.97 Å². The van der Waals surface area contributed by atoms with Gasteiger partial charge in [0.05, 0.1) is 5.69 Å². The molecule has 0 aliphatic carbocycles. The number of aromatic nitrogens is 2. The maximum Gasteiger partial charge on any atom is 0.161 e. The topological polar surface area (TPSA) is 67.1 Å². The minimum absolute atomic E-state index is 0.257. The largest absolute Gasteiger partial charge is 0.355 e. The molecule has 0 amide bonds. The van der Waals surface area contributed by atoms with Gasteiger partial charge in [-0.1, -0.05) is 30.3 Å². The highest BCUT2D eigenvalue weighted by Crippen LogP contribution is 2.29. The molecule has 1 aromatic carbocycles. The van der Waals surface area contributed by atoms with E-state index in [2.05, 4.69) is 22.3 Å². The summed E-state index contributed by atoms with van der Waals surface area (Å²) in [4.78, 5) is 12.0. The molecule has 4 rings (SSSR count). The smallest absolute Gasteiger partial charge is 0.161 e. The second-order valence-electron chi connectivity index (χ2n) is 6.08. The molecule has 2 aliphatic heterocycles. The fourth-order valence-electron chi connectivity index (χ4n) is 3.30. The van der Waals surface area contributed by atoms with E-state index in [0.29, 0.717) is 0 Å². The highest BCUT2D eigenvalue weighted by molar-refractivity contribution is 5.61. The quantitative estimate of drug-likeness (QED) is 0.875. The van der Waals surface area contributed by atoms with Crippen LogP contribution in [0.25, 0.3) is 11.4 Å². The Bertz CT molecular complexity index is 670. The number of rotatable bonds is 2. The van der Waals surface area contributed by atoms with Gasteiger partial charge in [-0.05, 0) is 19.4 Å². The van der Waals surface area contributed by atoms with Gasteiger partial charge < -0.3 is 16.0 Å². The van der Waals surface area contributed by atoms with Crippen LogP contribution in [-0.4, -0.2) is 35.6 Å². The number of nitrogens with one attached hydrogen (secondary N) is 1. The van der Waals surface area contributed by atoms with Crippen LogP contribution in [0.3, 0.4) is 0 Å². The summed E-state index contributed by atoms with van der Waals surface area (Å²) in [6.07, 6.45) is 2.03. The van der Waals surface area contributed by atoms with Gasteiger partial charge in [-0.15, -0.1) is 0 Å². The Kier molecular flexibility index (Phi) is 3.52. The molecule has 22 heavy (non-hydrogen) atoms. The maximum atomic E-state index is 6.09. The van der Waals surface area contributed by atoms with Gasteiger partial charge in [0.2, 0.25) is 0 Å². The molecular weight excluding hydrogens is 274 g/mol. The second-order valence-corrected chi connectivity index (χ2v) is 6.08. The van der Waals surface area contributed by atoms with Crippen LogP contribution in [-0.2, 0) is 13.0 Å². The zero-order valence-corrected chi connectivity index (χ0v) is 12.6. The zero-order chi connectivity index (χ0) is 14.9. The second kappa shape index (κ2) is 5.66. The average Bonchev–Trinajstić information content (AvgIpc) is 3.01. The van der Waals surface area contributed by atoms with Crippen molar-refractivity contribution in [3.05, 3.63) is 41.6 Å². The molecule has 114 valence electrons. The van der Waals surface area contributed by atoms with Crippen molar-refractivity contribution >= 4 is 5.82 Å². The highest BCUT2D eigenvalue weighted by atomic mass is 15.2. The van der Waals surface area contributed by atoms with Crippen molar-refractivity contribution in [2.45, 2.75) is 25.4 Å². The molecule has 5 nitrogen and oxygen atoms in total. The lowest BCUT2D eigenvalue weighted by Gasteiger charge is -2.25. The van der Waals surface area contributed by atoms with Gasteiger partial charge in [0.15, 0.2) is 5.82 Å². The highest BCUT2D eigenvalue weighted by Gasteiger charge is 2.26. The lowest BCUT2D eigenvalue weighted by molar-refractivity contribution is 0.621. The molecule has 0 radical (unpaired) electrons. The molecule has 1 aromatic heterocycles. The number of fused-ring (bicyclic) bond motifs is 1. The fourth-order valence-corrected chi connectivity index (χ4v) is 3.30. The number of anilines is 1. The fraction of sp³-hybridized carbons (Fsp3) is 0.412. The third-order valence-corrected chi connectivity index (χ3v) is 4.47. The molecule has 0 saturated carbocycles. The van der Waals surface area contributed by atoms with Gasteiger partial charge in [0, 0.05) is 36.8 Å². The van der Waals surface area contributed by atoms with Gasteiger partial charge in [0.1, 0.15) is 5.82 Å². The summed E-state index contributed by atoms with van der Waals surface area (Å²) in [6, 6.07) is 10.5. The lowest BCUT2D eigenvalue weighted by atomic mass is 10.1. The monoisotopic (exact) mass is 295 g/mol. The summed E-state index contributed by atoms with van der Waals surface area (Å²) < 4.78 is 0. The molecule has 3 heterocycles. The predicted molar refractivity (Wildman–Crippen MR) is 87.7 cm³/mol. The van der Waals surface area contributed by atoms with Gasteiger partial charge in [-0.3, -0.25) is 0 Å². The Morgan fingerprint density at radius 2 is 2.05 bits per heavy atom. The molecule has 0 unspecified atom stereocenters. The number of nitrogens with two attached hydrogens (primary N) is 1. The Balaban J connectivity index is 1.81. The van der Waals surface area contributed by atoms with Crippen molar-refractivity contribution in [1.82, 2.24) is 15.3 Å². The number of benzene rings is 1. The molecule has 0 spiro atoms. The summed E-state index contributed by atoms with van der Waals surface area (Å²) >= 11 is 0. The van der Waals surface area contributed by atoms with Crippen molar-refractivity contribution < 1.29 is 0 Å². The molecule has 1 fully saturated rings. The van der Waals surface area contributed by atoms with Crippen molar-refractivity contribution in [3.63, 3.8) is 0 Å². The normalized spacial score (nSPS) is 21.0. The minimum Gasteiger partial charge on any atom is -0.355 e. The van der Waals surface area contributed by atoms with E-state index in [1.807, 2.05) is 18.2 Å². The first-order chi connectivity index (χ1) is 10.8. The van der Waals surface area contributed by atoms with Crippen LogP contribution in [0.5, 0.6) is 0 Å². The molecule has 3 N–H and O–H groups in total. The summed E-state index contributed by atoms with van der Waals surface area (Å²) in [5.74, 6) is 1.91. The Labute approximate surface area is 130 Å². The van der Waals surface area contributed by atoms with E-state index in [-0.39, 0.29) is 6.04 Å². The average molecular weight is 295 g/mol. The first-order valence-electron chi connectivity index (χ1n) is 7.98. The minimum atomic E-state index is 0.257. The van der Waals surface area contributed by atoms with Crippen LogP contribution < -0.4 is 16.0 Å². The van der Waals surface area contributed by atoms with E-state index in [1.54, 1.807) is 0 Å². The Morgan fingerprint density at radius 3 is 2.82 bits per heavy atom. The van der Waals surface area contributed by atoms with Crippen molar-refractivity contribution in [2.24, 2.45) is 5.73 Å². The SMILES string of the molecule is N[C@H]1CCN(c2nc(-c3ccccc3)nc3c2CCNC3)C1. The first-order valence-corrected chi connectivity index (χ1v) is 7.98. The summed E-state index contributed by atoms with van der Waals surface area (Å²) in [5, 5.41) is 3.41. The van der Waals surface area contributed by atoms with Crippen LogP contribution >= 0.6 is 0 Å². The molecule has 1 saturated heterocycles. The van der Waals surface area contributed by atoms with E-state index in [9.17, 15) is 0 Å². The van der Waals surface area contributed by atoms with E-state index in [0.717, 1.165) is 61.9 Å².